The Morgan fingerprint density at radius 1 is 0.947 bits per heavy atom. The van der Waals surface area contributed by atoms with Gasteiger partial charge in [-0.05, 0) is 78.2 Å². The van der Waals surface area contributed by atoms with Crippen molar-refractivity contribution in [2.45, 2.75) is 13.8 Å². The Morgan fingerprint density at radius 3 is 2.34 bits per heavy atom. The predicted octanol–water partition coefficient (Wildman–Crippen LogP) is 5.30. The molecule has 1 N–H and O–H groups in total. The van der Waals surface area contributed by atoms with Crippen molar-refractivity contribution in [3.8, 4) is 17.2 Å². The zero-order valence-electron chi connectivity index (χ0n) is 20.9. The normalized spacial score (nSPS) is 12.3. The maximum Gasteiger partial charge on any atom is 0.355 e. The monoisotopic (exact) mass is 535 g/mol. The first kappa shape index (κ1) is 26.8. The van der Waals surface area contributed by atoms with Gasteiger partial charge in [0.1, 0.15) is 11.4 Å². The van der Waals surface area contributed by atoms with Crippen LogP contribution in [0.1, 0.15) is 40.1 Å². The van der Waals surface area contributed by atoms with Gasteiger partial charge in [-0.2, -0.15) is 0 Å². The molecule has 0 unspecified atom stereocenters. The predicted molar refractivity (Wildman–Crippen MR) is 142 cm³/mol. The van der Waals surface area contributed by atoms with Crippen molar-refractivity contribution in [1.82, 2.24) is 5.32 Å². The van der Waals surface area contributed by atoms with E-state index in [1.54, 1.807) is 54.6 Å². The summed E-state index contributed by atoms with van der Waals surface area (Å²) in [4.78, 5) is 38.4. The van der Waals surface area contributed by atoms with Gasteiger partial charge in [0.2, 0.25) is 6.79 Å². The molecule has 0 radical (unpaired) electrons. The van der Waals surface area contributed by atoms with Crippen LogP contribution >= 0.6 is 11.6 Å². The standard InChI is InChI=1S/C29H26ClNO7/c1-18(2)15-35-23-10-6-21(7-11-23)28(33)31-24(13-19-3-12-26-27(14-19)38-17-37-26)29(34)36-16-25(32)20-4-8-22(30)9-5-20/h3-14,18H,15-17H2,1-2H3,(H,31,33). The van der Waals surface area contributed by atoms with Crippen LogP contribution in [0, 0.1) is 5.92 Å². The van der Waals surface area contributed by atoms with Gasteiger partial charge in [0.05, 0.1) is 6.61 Å². The molecule has 1 amide bonds. The van der Waals surface area contributed by atoms with Crippen LogP contribution in [0.3, 0.4) is 0 Å². The van der Waals surface area contributed by atoms with Crippen LogP contribution in [0.2, 0.25) is 5.02 Å². The maximum absolute atomic E-state index is 13.0. The summed E-state index contributed by atoms with van der Waals surface area (Å²) in [6.45, 7) is 4.21. The van der Waals surface area contributed by atoms with Gasteiger partial charge in [0.15, 0.2) is 23.9 Å². The molecular weight excluding hydrogens is 510 g/mol. The molecule has 1 heterocycles. The van der Waals surface area contributed by atoms with E-state index in [1.165, 1.54) is 18.2 Å². The van der Waals surface area contributed by atoms with Crippen molar-refractivity contribution < 1.29 is 33.3 Å². The number of hydrogen-bond acceptors (Lipinski definition) is 7. The lowest BCUT2D eigenvalue weighted by atomic mass is 10.1. The number of ketones is 1. The lowest BCUT2D eigenvalue weighted by Crippen LogP contribution is -2.29. The molecule has 9 heteroatoms. The summed E-state index contributed by atoms with van der Waals surface area (Å²) in [6.07, 6.45) is 1.44. The highest BCUT2D eigenvalue weighted by atomic mass is 35.5. The third-order valence-corrected chi connectivity index (χ3v) is 5.63. The Kier molecular flexibility index (Phi) is 8.66. The minimum absolute atomic E-state index is 0.0951. The quantitative estimate of drug-likeness (QED) is 0.213. The van der Waals surface area contributed by atoms with Gasteiger partial charge in [-0.15, -0.1) is 0 Å². The molecule has 1 aliphatic heterocycles. The summed E-state index contributed by atoms with van der Waals surface area (Å²) in [5.74, 6) is 0.242. The summed E-state index contributed by atoms with van der Waals surface area (Å²) < 4.78 is 21.6. The molecule has 0 saturated carbocycles. The van der Waals surface area contributed by atoms with E-state index in [0.717, 1.165) is 0 Å². The second kappa shape index (κ2) is 12.3. The van der Waals surface area contributed by atoms with Gasteiger partial charge in [0.25, 0.3) is 5.91 Å². The molecule has 0 spiro atoms. The molecule has 8 nitrogen and oxygen atoms in total. The highest BCUT2D eigenvalue weighted by Crippen LogP contribution is 2.33. The number of esters is 1. The first-order chi connectivity index (χ1) is 18.3. The minimum Gasteiger partial charge on any atom is -0.493 e. The van der Waals surface area contributed by atoms with E-state index in [9.17, 15) is 14.4 Å². The third kappa shape index (κ3) is 7.14. The Morgan fingerprint density at radius 2 is 1.63 bits per heavy atom. The Hall–Kier alpha value is -4.30. The Bertz CT molecular complexity index is 1350. The number of rotatable bonds is 10. The molecule has 0 aromatic heterocycles. The molecule has 0 saturated heterocycles. The minimum atomic E-state index is -0.879. The van der Waals surface area contributed by atoms with E-state index in [4.69, 9.17) is 30.5 Å². The van der Waals surface area contributed by atoms with Crippen LogP contribution in [0.25, 0.3) is 6.08 Å². The molecule has 38 heavy (non-hydrogen) atoms. The number of fused-ring (bicyclic) bond motifs is 1. The van der Waals surface area contributed by atoms with Crippen LogP contribution in [0.15, 0.2) is 72.4 Å². The fourth-order valence-corrected chi connectivity index (χ4v) is 3.53. The van der Waals surface area contributed by atoms with Gasteiger partial charge in [-0.3, -0.25) is 9.59 Å². The number of carbonyl (C=O) groups excluding carboxylic acids is 3. The Balaban J connectivity index is 1.50. The molecule has 0 fully saturated rings. The lowest BCUT2D eigenvalue weighted by molar-refractivity contribution is -0.138. The molecule has 0 bridgehead atoms. The first-order valence-electron chi connectivity index (χ1n) is 11.9. The van der Waals surface area contributed by atoms with Gasteiger partial charge >= 0.3 is 5.97 Å². The van der Waals surface area contributed by atoms with Crippen molar-refractivity contribution in [2.24, 2.45) is 5.92 Å². The zero-order chi connectivity index (χ0) is 27.1. The van der Waals surface area contributed by atoms with Gasteiger partial charge in [-0.1, -0.05) is 31.5 Å². The van der Waals surface area contributed by atoms with Crippen molar-refractivity contribution in [2.75, 3.05) is 20.0 Å². The van der Waals surface area contributed by atoms with E-state index >= 15 is 0 Å². The van der Waals surface area contributed by atoms with Crippen molar-refractivity contribution in [3.63, 3.8) is 0 Å². The summed E-state index contributed by atoms with van der Waals surface area (Å²) in [5.41, 5.74) is 1.05. The van der Waals surface area contributed by atoms with Crippen LogP contribution in [-0.2, 0) is 9.53 Å². The molecule has 1 aliphatic rings. The van der Waals surface area contributed by atoms with Crippen molar-refractivity contribution in [3.05, 3.63) is 94.1 Å². The SMILES string of the molecule is CC(C)COc1ccc(C(=O)NC(=Cc2ccc3c(c2)OCO3)C(=O)OCC(=O)c2ccc(Cl)cc2)cc1. The fourth-order valence-electron chi connectivity index (χ4n) is 3.40. The van der Waals surface area contributed by atoms with Crippen molar-refractivity contribution in [1.29, 1.82) is 0 Å². The fraction of sp³-hybridized carbons (Fsp3) is 0.207. The van der Waals surface area contributed by atoms with E-state index in [0.29, 0.717) is 51.5 Å². The number of hydrogen-bond donors (Lipinski definition) is 1. The van der Waals surface area contributed by atoms with Gasteiger partial charge in [0, 0.05) is 16.1 Å². The number of ether oxygens (including phenoxy) is 4. The van der Waals surface area contributed by atoms with Crippen molar-refractivity contribution >= 4 is 35.3 Å². The first-order valence-corrected chi connectivity index (χ1v) is 12.3. The highest BCUT2D eigenvalue weighted by molar-refractivity contribution is 6.30. The topological polar surface area (TPSA) is 100 Å². The van der Waals surface area contributed by atoms with Gasteiger partial charge < -0.3 is 24.3 Å². The lowest BCUT2D eigenvalue weighted by Gasteiger charge is -2.12. The largest absolute Gasteiger partial charge is 0.493 e. The van der Waals surface area contributed by atoms with Crippen LogP contribution in [-0.4, -0.2) is 37.7 Å². The van der Waals surface area contributed by atoms with Crippen LogP contribution < -0.4 is 19.5 Å². The molecule has 3 aromatic carbocycles. The molecule has 4 rings (SSSR count). The second-order valence-electron chi connectivity index (χ2n) is 8.86. The smallest absolute Gasteiger partial charge is 0.355 e. The maximum atomic E-state index is 13.0. The molecular formula is C29H26ClNO7. The average molecular weight is 536 g/mol. The Labute approximate surface area is 225 Å². The van der Waals surface area contributed by atoms with E-state index in [-0.39, 0.29) is 12.5 Å². The van der Waals surface area contributed by atoms with Crippen LogP contribution in [0.4, 0.5) is 0 Å². The number of carbonyl (C=O) groups is 3. The molecule has 0 aliphatic carbocycles. The van der Waals surface area contributed by atoms with Crippen LogP contribution in [0.5, 0.6) is 17.2 Å². The highest BCUT2D eigenvalue weighted by Gasteiger charge is 2.19. The molecule has 196 valence electrons. The average Bonchev–Trinajstić information content (AvgIpc) is 3.38. The summed E-state index contributed by atoms with van der Waals surface area (Å²) in [7, 11) is 0. The summed E-state index contributed by atoms with van der Waals surface area (Å²) >= 11 is 5.87. The summed E-state index contributed by atoms with van der Waals surface area (Å²) in [5, 5.41) is 3.08. The number of amides is 1. The molecule has 0 atom stereocenters. The zero-order valence-corrected chi connectivity index (χ0v) is 21.6. The second-order valence-corrected chi connectivity index (χ2v) is 9.30. The van der Waals surface area contributed by atoms with Gasteiger partial charge in [-0.25, -0.2) is 4.79 Å². The number of nitrogens with one attached hydrogen (secondary N) is 1. The number of Topliss-reactive ketones (excluding diaryl/α,β-unsaturated/α-hetero) is 1. The number of benzene rings is 3. The van der Waals surface area contributed by atoms with E-state index in [1.807, 2.05) is 13.8 Å². The van der Waals surface area contributed by atoms with E-state index in [2.05, 4.69) is 5.32 Å². The summed E-state index contributed by atoms with van der Waals surface area (Å²) in [6, 6.07) is 17.8. The third-order valence-electron chi connectivity index (χ3n) is 5.38. The van der Waals surface area contributed by atoms with E-state index < -0.39 is 24.3 Å². The molecule has 3 aromatic rings. The number of halogens is 1.